The Kier molecular flexibility index (Phi) is 10.5. The summed E-state index contributed by atoms with van der Waals surface area (Å²) in [7, 11) is 0. The fraction of sp³-hybridized carbons (Fsp3) is 0.364. The fourth-order valence-electron chi connectivity index (χ4n) is 3.40. The Bertz CT molecular complexity index is 668. The van der Waals surface area contributed by atoms with Crippen molar-refractivity contribution in [1.29, 1.82) is 0 Å². The molecule has 148 valence electrons. The lowest BCUT2D eigenvalue weighted by Crippen LogP contribution is -2.45. The van der Waals surface area contributed by atoms with Crippen molar-refractivity contribution in [2.75, 3.05) is 31.5 Å². The van der Waals surface area contributed by atoms with Gasteiger partial charge in [0.15, 0.2) is 0 Å². The van der Waals surface area contributed by atoms with Crippen LogP contribution < -0.4 is 10.6 Å². The fourth-order valence-corrected chi connectivity index (χ4v) is 3.40. The van der Waals surface area contributed by atoms with Crippen LogP contribution in [0.1, 0.15) is 30.5 Å². The Labute approximate surface area is 176 Å². The molecule has 1 atom stereocenters. The number of nitrogens with one attached hydrogen (secondary N) is 2. The van der Waals surface area contributed by atoms with E-state index >= 15 is 0 Å². The molecular weight excluding hydrogens is 377 g/mol. The molecular formula is C22H31Cl2N3. The van der Waals surface area contributed by atoms with Gasteiger partial charge in [0.25, 0.3) is 0 Å². The van der Waals surface area contributed by atoms with Gasteiger partial charge in [0.1, 0.15) is 0 Å². The molecule has 0 saturated carbocycles. The summed E-state index contributed by atoms with van der Waals surface area (Å²) in [6.07, 6.45) is 1.02. The molecule has 27 heavy (non-hydrogen) atoms. The van der Waals surface area contributed by atoms with E-state index in [-0.39, 0.29) is 24.8 Å². The van der Waals surface area contributed by atoms with Crippen molar-refractivity contribution < 1.29 is 0 Å². The largest absolute Gasteiger partial charge is 0.381 e. The molecule has 1 aliphatic heterocycles. The first-order chi connectivity index (χ1) is 12.2. The Morgan fingerprint density at radius 3 is 2.26 bits per heavy atom. The van der Waals surface area contributed by atoms with Crippen LogP contribution >= 0.6 is 24.8 Å². The number of halogens is 2. The SMILES string of the molecule is C=C(C)C[C@@H](c1ccc(NCc2ccccc2)cc1)N1CCNCC1.Cl.Cl. The molecule has 0 bridgehead atoms. The van der Waals surface area contributed by atoms with E-state index in [2.05, 4.69) is 83.6 Å². The molecule has 3 nitrogen and oxygen atoms in total. The first-order valence-corrected chi connectivity index (χ1v) is 9.19. The maximum atomic E-state index is 4.14. The Balaban J connectivity index is 0.00000182. The summed E-state index contributed by atoms with van der Waals surface area (Å²) in [5, 5.41) is 6.95. The predicted octanol–water partition coefficient (Wildman–Crippen LogP) is 5.05. The number of rotatable bonds is 7. The molecule has 0 unspecified atom stereocenters. The van der Waals surface area contributed by atoms with Gasteiger partial charge in [-0.25, -0.2) is 0 Å². The zero-order chi connectivity index (χ0) is 17.5. The lowest BCUT2D eigenvalue weighted by Gasteiger charge is -2.35. The van der Waals surface area contributed by atoms with Gasteiger partial charge in [0.05, 0.1) is 0 Å². The van der Waals surface area contributed by atoms with Gasteiger partial charge in [-0.05, 0) is 36.6 Å². The smallest absolute Gasteiger partial charge is 0.0400 e. The van der Waals surface area contributed by atoms with Crippen LogP contribution in [0.25, 0.3) is 0 Å². The summed E-state index contributed by atoms with van der Waals surface area (Å²) in [6, 6.07) is 19.9. The minimum Gasteiger partial charge on any atom is -0.381 e. The highest BCUT2D eigenvalue weighted by atomic mass is 35.5. The molecule has 2 N–H and O–H groups in total. The van der Waals surface area contributed by atoms with Crippen LogP contribution in [0, 0.1) is 0 Å². The van der Waals surface area contributed by atoms with Gasteiger partial charge >= 0.3 is 0 Å². The molecule has 0 amide bonds. The van der Waals surface area contributed by atoms with Crippen molar-refractivity contribution >= 4 is 30.5 Å². The predicted molar refractivity (Wildman–Crippen MR) is 121 cm³/mol. The molecule has 0 spiro atoms. The summed E-state index contributed by atoms with van der Waals surface area (Å²) in [5.74, 6) is 0. The van der Waals surface area contributed by atoms with E-state index in [9.17, 15) is 0 Å². The summed E-state index contributed by atoms with van der Waals surface area (Å²) in [4.78, 5) is 2.58. The number of nitrogens with zero attached hydrogens (tertiary/aromatic N) is 1. The molecule has 1 aliphatic rings. The first-order valence-electron chi connectivity index (χ1n) is 9.19. The molecule has 2 aromatic rings. The van der Waals surface area contributed by atoms with Crippen molar-refractivity contribution in [3.05, 3.63) is 77.9 Å². The maximum absolute atomic E-state index is 4.14. The van der Waals surface area contributed by atoms with Crippen molar-refractivity contribution in [1.82, 2.24) is 10.2 Å². The van der Waals surface area contributed by atoms with E-state index in [0.29, 0.717) is 6.04 Å². The average Bonchev–Trinajstić information content (AvgIpc) is 2.66. The molecule has 2 aromatic carbocycles. The quantitative estimate of drug-likeness (QED) is 0.628. The van der Waals surface area contributed by atoms with E-state index < -0.39 is 0 Å². The molecule has 1 saturated heterocycles. The second kappa shape index (κ2) is 12.0. The second-order valence-electron chi connectivity index (χ2n) is 6.92. The highest BCUT2D eigenvalue weighted by Gasteiger charge is 2.22. The monoisotopic (exact) mass is 407 g/mol. The molecule has 1 heterocycles. The third-order valence-corrected chi connectivity index (χ3v) is 4.77. The zero-order valence-corrected chi connectivity index (χ0v) is 17.6. The van der Waals surface area contributed by atoms with Crippen LogP contribution in [0.4, 0.5) is 5.69 Å². The topological polar surface area (TPSA) is 27.3 Å². The first kappa shape index (κ1) is 23.5. The zero-order valence-electron chi connectivity index (χ0n) is 16.0. The van der Waals surface area contributed by atoms with Gasteiger partial charge < -0.3 is 10.6 Å². The Morgan fingerprint density at radius 1 is 1.04 bits per heavy atom. The van der Waals surface area contributed by atoms with Crippen LogP contribution in [0.15, 0.2) is 66.7 Å². The minimum absolute atomic E-state index is 0. The van der Waals surface area contributed by atoms with Crippen LogP contribution in [0.2, 0.25) is 0 Å². The lowest BCUT2D eigenvalue weighted by atomic mass is 9.97. The Morgan fingerprint density at radius 2 is 1.67 bits per heavy atom. The lowest BCUT2D eigenvalue weighted by molar-refractivity contribution is 0.172. The second-order valence-corrected chi connectivity index (χ2v) is 6.92. The molecule has 3 rings (SSSR count). The van der Waals surface area contributed by atoms with Gasteiger partial charge in [0, 0.05) is 44.5 Å². The van der Waals surface area contributed by atoms with Crippen LogP contribution in [-0.2, 0) is 6.54 Å². The standard InChI is InChI=1S/C22H29N3.2ClH/c1-18(2)16-22(25-14-12-23-13-15-25)20-8-10-21(11-9-20)24-17-19-6-4-3-5-7-19;;/h3-11,22-24H,1,12-17H2,2H3;2*1H/t22-;;/m0../s1. The number of benzene rings is 2. The van der Waals surface area contributed by atoms with E-state index in [1.54, 1.807) is 0 Å². The Hall–Kier alpha value is -1.52. The highest BCUT2D eigenvalue weighted by molar-refractivity contribution is 5.85. The van der Waals surface area contributed by atoms with Gasteiger partial charge in [0.2, 0.25) is 0 Å². The molecule has 0 radical (unpaired) electrons. The molecule has 5 heteroatoms. The van der Waals surface area contributed by atoms with Crippen molar-refractivity contribution in [3.63, 3.8) is 0 Å². The van der Waals surface area contributed by atoms with E-state index in [1.165, 1.54) is 22.4 Å². The average molecular weight is 408 g/mol. The number of hydrogen-bond donors (Lipinski definition) is 2. The number of anilines is 1. The third-order valence-electron chi connectivity index (χ3n) is 4.77. The number of piperazine rings is 1. The number of hydrogen-bond acceptors (Lipinski definition) is 3. The summed E-state index contributed by atoms with van der Waals surface area (Å²) in [6.45, 7) is 11.5. The van der Waals surface area contributed by atoms with Crippen molar-refractivity contribution in [3.8, 4) is 0 Å². The summed E-state index contributed by atoms with van der Waals surface area (Å²) < 4.78 is 0. The van der Waals surface area contributed by atoms with E-state index in [4.69, 9.17) is 0 Å². The van der Waals surface area contributed by atoms with Gasteiger partial charge in [-0.1, -0.05) is 48.0 Å². The van der Waals surface area contributed by atoms with Crippen LogP contribution in [0.3, 0.4) is 0 Å². The maximum Gasteiger partial charge on any atom is 0.0400 e. The third kappa shape index (κ3) is 7.19. The summed E-state index contributed by atoms with van der Waals surface area (Å²) >= 11 is 0. The van der Waals surface area contributed by atoms with Crippen LogP contribution in [0.5, 0.6) is 0 Å². The normalized spacial score (nSPS) is 15.1. The van der Waals surface area contributed by atoms with E-state index in [1.807, 2.05) is 0 Å². The van der Waals surface area contributed by atoms with Gasteiger partial charge in [-0.3, -0.25) is 4.90 Å². The highest BCUT2D eigenvalue weighted by Crippen LogP contribution is 2.28. The van der Waals surface area contributed by atoms with E-state index in [0.717, 1.165) is 39.1 Å². The van der Waals surface area contributed by atoms with Gasteiger partial charge in [-0.2, -0.15) is 0 Å². The van der Waals surface area contributed by atoms with Crippen LogP contribution in [-0.4, -0.2) is 31.1 Å². The summed E-state index contributed by atoms with van der Waals surface area (Å²) in [5.41, 5.74) is 5.10. The van der Waals surface area contributed by atoms with Crippen molar-refractivity contribution in [2.24, 2.45) is 0 Å². The van der Waals surface area contributed by atoms with Crippen molar-refractivity contribution in [2.45, 2.75) is 25.9 Å². The molecule has 0 aliphatic carbocycles. The minimum atomic E-state index is 0. The molecule has 1 fully saturated rings. The van der Waals surface area contributed by atoms with Gasteiger partial charge in [-0.15, -0.1) is 31.4 Å². The molecule has 0 aromatic heterocycles.